The van der Waals surface area contributed by atoms with Gasteiger partial charge in [-0.2, -0.15) is 10.2 Å². The first kappa shape index (κ1) is 9.08. The standard InChI is InChI=1S/C9H8N2O2S/c1-2-13-9(12)7-3-6-4-10-11-5-8(6)14-7/h3-5H,2H2,1H3. The van der Waals surface area contributed by atoms with E-state index >= 15 is 0 Å². The summed E-state index contributed by atoms with van der Waals surface area (Å²) in [7, 11) is 0. The molecule has 0 amide bonds. The van der Waals surface area contributed by atoms with Gasteiger partial charge in [0.25, 0.3) is 0 Å². The van der Waals surface area contributed by atoms with E-state index in [-0.39, 0.29) is 5.97 Å². The fourth-order valence-corrected chi connectivity index (χ4v) is 2.00. The summed E-state index contributed by atoms with van der Waals surface area (Å²) in [6.07, 6.45) is 3.28. The summed E-state index contributed by atoms with van der Waals surface area (Å²) >= 11 is 1.37. The van der Waals surface area contributed by atoms with E-state index in [9.17, 15) is 4.79 Å². The lowest BCUT2D eigenvalue weighted by atomic mass is 10.3. The molecule has 14 heavy (non-hydrogen) atoms. The van der Waals surface area contributed by atoms with Gasteiger partial charge in [0.15, 0.2) is 0 Å². The van der Waals surface area contributed by atoms with E-state index in [1.54, 1.807) is 25.4 Å². The number of carbonyl (C=O) groups excluding carboxylic acids is 1. The summed E-state index contributed by atoms with van der Waals surface area (Å²) in [4.78, 5) is 12.0. The molecule has 72 valence electrons. The maximum atomic E-state index is 11.4. The lowest BCUT2D eigenvalue weighted by molar-refractivity contribution is 0.0532. The number of hydrogen-bond acceptors (Lipinski definition) is 5. The minimum absolute atomic E-state index is 0.284. The van der Waals surface area contributed by atoms with Crippen LogP contribution in [-0.2, 0) is 4.74 Å². The predicted octanol–water partition coefficient (Wildman–Crippen LogP) is 1.87. The molecule has 2 aromatic heterocycles. The number of fused-ring (bicyclic) bond motifs is 1. The van der Waals surface area contributed by atoms with Crippen molar-refractivity contribution in [2.75, 3.05) is 6.61 Å². The molecule has 4 nitrogen and oxygen atoms in total. The lowest BCUT2D eigenvalue weighted by Gasteiger charge is -1.95. The fourth-order valence-electron chi connectivity index (χ4n) is 1.11. The fraction of sp³-hybridized carbons (Fsp3) is 0.222. The third kappa shape index (κ3) is 1.58. The van der Waals surface area contributed by atoms with E-state index in [4.69, 9.17) is 4.74 Å². The Hall–Kier alpha value is -1.49. The zero-order valence-corrected chi connectivity index (χ0v) is 8.37. The van der Waals surface area contributed by atoms with Crippen molar-refractivity contribution >= 4 is 27.4 Å². The first-order valence-corrected chi connectivity index (χ1v) is 5.00. The highest BCUT2D eigenvalue weighted by Gasteiger charge is 2.10. The van der Waals surface area contributed by atoms with Crippen LogP contribution in [0.5, 0.6) is 0 Å². The maximum absolute atomic E-state index is 11.4. The van der Waals surface area contributed by atoms with Crippen LogP contribution in [0.15, 0.2) is 18.5 Å². The number of ether oxygens (including phenoxy) is 1. The number of nitrogens with zero attached hydrogens (tertiary/aromatic N) is 2. The van der Waals surface area contributed by atoms with Crippen LogP contribution in [0.1, 0.15) is 16.6 Å². The highest BCUT2D eigenvalue weighted by Crippen LogP contribution is 2.24. The molecule has 2 aromatic rings. The second kappa shape index (κ2) is 3.71. The number of thiophene rings is 1. The molecule has 0 N–H and O–H groups in total. The number of carbonyl (C=O) groups is 1. The van der Waals surface area contributed by atoms with Gasteiger partial charge in [0.2, 0.25) is 0 Å². The van der Waals surface area contributed by atoms with E-state index in [0.717, 1.165) is 10.1 Å². The monoisotopic (exact) mass is 208 g/mol. The van der Waals surface area contributed by atoms with E-state index in [1.165, 1.54) is 11.3 Å². The van der Waals surface area contributed by atoms with Crippen molar-refractivity contribution in [3.05, 3.63) is 23.3 Å². The molecule has 0 aliphatic heterocycles. The SMILES string of the molecule is CCOC(=O)c1cc2cnncc2s1. The number of esters is 1. The van der Waals surface area contributed by atoms with Crippen LogP contribution in [0.3, 0.4) is 0 Å². The van der Waals surface area contributed by atoms with Crippen LogP contribution in [0, 0.1) is 0 Å². The molecule has 0 bridgehead atoms. The Labute approximate surface area is 84.5 Å². The first-order valence-electron chi connectivity index (χ1n) is 4.18. The normalized spacial score (nSPS) is 10.4. The van der Waals surface area contributed by atoms with Crippen LogP contribution in [0.25, 0.3) is 10.1 Å². The van der Waals surface area contributed by atoms with Crippen LogP contribution < -0.4 is 0 Å². The highest BCUT2D eigenvalue weighted by molar-refractivity contribution is 7.20. The molecule has 0 radical (unpaired) electrons. The van der Waals surface area contributed by atoms with Gasteiger partial charge >= 0.3 is 5.97 Å². The summed E-state index contributed by atoms with van der Waals surface area (Å²) in [5.74, 6) is -0.284. The summed E-state index contributed by atoms with van der Waals surface area (Å²) in [5, 5.41) is 8.40. The van der Waals surface area contributed by atoms with Gasteiger partial charge in [0.1, 0.15) is 4.88 Å². The van der Waals surface area contributed by atoms with Gasteiger partial charge in [-0.15, -0.1) is 11.3 Å². The number of aromatic nitrogens is 2. The van der Waals surface area contributed by atoms with Gasteiger partial charge in [-0.3, -0.25) is 0 Å². The number of rotatable bonds is 2. The third-order valence-corrected chi connectivity index (χ3v) is 2.77. The van der Waals surface area contributed by atoms with E-state index in [2.05, 4.69) is 10.2 Å². The van der Waals surface area contributed by atoms with Crippen molar-refractivity contribution in [1.29, 1.82) is 0 Å². The minimum atomic E-state index is -0.284. The topological polar surface area (TPSA) is 52.1 Å². The Morgan fingerprint density at radius 3 is 3.00 bits per heavy atom. The smallest absolute Gasteiger partial charge is 0.348 e. The quantitative estimate of drug-likeness (QED) is 0.707. The average molecular weight is 208 g/mol. The highest BCUT2D eigenvalue weighted by atomic mass is 32.1. The molecule has 5 heteroatoms. The average Bonchev–Trinajstić information content (AvgIpc) is 2.61. The zero-order chi connectivity index (χ0) is 9.97. The molecule has 0 unspecified atom stereocenters. The summed E-state index contributed by atoms with van der Waals surface area (Å²) in [6, 6.07) is 1.77. The molecule has 0 spiro atoms. The Bertz CT molecular complexity index is 434. The van der Waals surface area contributed by atoms with Gasteiger partial charge in [0.05, 0.1) is 23.7 Å². The zero-order valence-electron chi connectivity index (χ0n) is 7.56. The molecule has 0 saturated carbocycles. The molecular weight excluding hydrogens is 200 g/mol. The molecule has 0 fully saturated rings. The Morgan fingerprint density at radius 2 is 2.29 bits per heavy atom. The summed E-state index contributed by atoms with van der Waals surface area (Å²) < 4.78 is 5.84. The van der Waals surface area contributed by atoms with Crippen molar-refractivity contribution in [3.63, 3.8) is 0 Å². The summed E-state index contributed by atoms with van der Waals surface area (Å²) in [6.45, 7) is 2.18. The summed E-state index contributed by atoms with van der Waals surface area (Å²) in [5.41, 5.74) is 0. The van der Waals surface area contributed by atoms with Gasteiger partial charge in [-0.1, -0.05) is 0 Å². The molecule has 0 saturated heterocycles. The maximum Gasteiger partial charge on any atom is 0.348 e. The third-order valence-electron chi connectivity index (χ3n) is 1.71. The molecule has 2 heterocycles. The Morgan fingerprint density at radius 1 is 1.50 bits per heavy atom. The molecular formula is C9H8N2O2S. The van der Waals surface area contributed by atoms with Crippen molar-refractivity contribution in [1.82, 2.24) is 10.2 Å². The van der Waals surface area contributed by atoms with E-state index < -0.39 is 0 Å². The second-order valence-electron chi connectivity index (χ2n) is 2.64. The lowest BCUT2D eigenvalue weighted by Crippen LogP contribution is -2.01. The largest absolute Gasteiger partial charge is 0.462 e. The number of hydrogen-bond donors (Lipinski definition) is 0. The van der Waals surface area contributed by atoms with Crippen LogP contribution in [-0.4, -0.2) is 22.8 Å². The Kier molecular flexibility index (Phi) is 2.41. The van der Waals surface area contributed by atoms with Crippen molar-refractivity contribution < 1.29 is 9.53 Å². The molecule has 0 atom stereocenters. The van der Waals surface area contributed by atoms with Crippen molar-refractivity contribution in [2.24, 2.45) is 0 Å². The van der Waals surface area contributed by atoms with Crippen molar-refractivity contribution in [2.45, 2.75) is 6.92 Å². The minimum Gasteiger partial charge on any atom is -0.462 e. The molecule has 0 aliphatic carbocycles. The van der Waals surface area contributed by atoms with Crippen LogP contribution >= 0.6 is 11.3 Å². The van der Waals surface area contributed by atoms with Gasteiger partial charge < -0.3 is 4.74 Å². The van der Waals surface area contributed by atoms with Crippen LogP contribution in [0.2, 0.25) is 0 Å². The van der Waals surface area contributed by atoms with Crippen molar-refractivity contribution in [3.8, 4) is 0 Å². The van der Waals surface area contributed by atoms with Crippen LogP contribution in [0.4, 0.5) is 0 Å². The van der Waals surface area contributed by atoms with Gasteiger partial charge in [-0.05, 0) is 13.0 Å². The van der Waals surface area contributed by atoms with E-state index in [1.807, 2.05) is 0 Å². The first-order chi connectivity index (χ1) is 6.81. The van der Waals surface area contributed by atoms with Gasteiger partial charge in [0, 0.05) is 5.39 Å². The predicted molar refractivity (Wildman–Crippen MR) is 53.4 cm³/mol. The second-order valence-corrected chi connectivity index (χ2v) is 3.72. The molecule has 0 aromatic carbocycles. The Balaban J connectivity index is 2.40. The van der Waals surface area contributed by atoms with Gasteiger partial charge in [-0.25, -0.2) is 4.79 Å². The molecule has 0 aliphatic rings. The van der Waals surface area contributed by atoms with E-state index in [0.29, 0.717) is 11.5 Å². The molecule has 2 rings (SSSR count).